The quantitative estimate of drug-likeness (QED) is 0.651. The van der Waals surface area contributed by atoms with Crippen LogP contribution in [0, 0.1) is 13.8 Å². The van der Waals surface area contributed by atoms with Gasteiger partial charge in [0, 0.05) is 13.1 Å². The summed E-state index contributed by atoms with van der Waals surface area (Å²) in [5, 5.41) is 7.72. The molecule has 10 heteroatoms. The smallest absolute Gasteiger partial charge is 0.248 e. The minimum Gasteiger partial charge on any atom is -0.496 e. The second kappa shape index (κ2) is 6.46. The number of sulfonamides is 1. The molecule has 0 spiro atoms. The summed E-state index contributed by atoms with van der Waals surface area (Å²) >= 11 is 0. The summed E-state index contributed by atoms with van der Waals surface area (Å²) in [7, 11) is -2.08. The fourth-order valence-corrected chi connectivity index (χ4v) is 4.92. The van der Waals surface area contributed by atoms with Crippen molar-refractivity contribution in [3.8, 4) is 17.1 Å². The Bertz CT molecular complexity index is 1060. The van der Waals surface area contributed by atoms with Crippen LogP contribution in [0.15, 0.2) is 38.2 Å². The second-order valence-electron chi connectivity index (χ2n) is 6.33. The molecule has 0 aliphatic carbocycles. The molecule has 0 radical (unpaired) electrons. The van der Waals surface area contributed by atoms with Crippen LogP contribution < -0.4 is 4.74 Å². The number of nitrogens with zero attached hydrogens (tertiary/aromatic N) is 4. The van der Waals surface area contributed by atoms with Gasteiger partial charge in [-0.1, -0.05) is 22.4 Å². The fourth-order valence-electron chi connectivity index (χ4n) is 3.10. The van der Waals surface area contributed by atoms with Gasteiger partial charge in [-0.25, -0.2) is 8.42 Å². The Kier molecular flexibility index (Phi) is 4.23. The normalized spacial score (nSPS) is 15.7. The lowest BCUT2D eigenvalue weighted by atomic mass is 10.0. The lowest BCUT2D eigenvalue weighted by molar-refractivity contribution is 0.216. The standard InChI is InChI=1S/C17H18N4O5S/c1-10-15(11(2)25-19-10)27(22,23)21-8-12(9-21)17-18-16(20-26-17)13-6-4-5-7-14(13)24-3/h4-7,12H,8-9H2,1-3H3. The molecule has 2 aromatic heterocycles. The van der Waals surface area contributed by atoms with Crippen LogP contribution in [-0.4, -0.2) is 48.2 Å². The monoisotopic (exact) mass is 390 g/mol. The third-order valence-electron chi connectivity index (χ3n) is 4.55. The van der Waals surface area contributed by atoms with Crippen LogP contribution in [0.25, 0.3) is 11.4 Å². The van der Waals surface area contributed by atoms with Crippen molar-refractivity contribution in [1.82, 2.24) is 19.6 Å². The Hall–Kier alpha value is -2.72. The molecule has 0 N–H and O–H groups in total. The van der Waals surface area contributed by atoms with Crippen molar-refractivity contribution in [2.24, 2.45) is 0 Å². The molecular formula is C17H18N4O5S. The van der Waals surface area contributed by atoms with E-state index in [2.05, 4.69) is 15.3 Å². The molecule has 0 amide bonds. The molecule has 142 valence electrons. The van der Waals surface area contributed by atoms with E-state index < -0.39 is 10.0 Å². The van der Waals surface area contributed by atoms with Crippen LogP contribution in [0.4, 0.5) is 0 Å². The summed E-state index contributed by atoms with van der Waals surface area (Å²) in [6.45, 7) is 3.72. The maximum atomic E-state index is 12.7. The first-order valence-electron chi connectivity index (χ1n) is 8.32. The Morgan fingerprint density at radius 1 is 1.15 bits per heavy atom. The Labute approximate surface area is 156 Å². The maximum Gasteiger partial charge on any atom is 0.248 e. The average Bonchev–Trinajstić information content (AvgIpc) is 3.20. The van der Waals surface area contributed by atoms with E-state index in [1.54, 1.807) is 21.0 Å². The molecule has 0 unspecified atom stereocenters. The number of aryl methyl sites for hydroxylation is 2. The molecule has 1 aliphatic rings. The van der Waals surface area contributed by atoms with Crippen LogP contribution in [-0.2, 0) is 10.0 Å². The van der Waals surface area contributed by atoms with Gasteiger partial charge in [0.2, 0.25) is 21.7 Å². The van der Waals surface area contributed by atoms with Crippen LogP contribution in [0.2, 0.25) is 0 Å². The minimum absolute atomic E-state index is 0.126. The van der Waals surface area contributed by atoms with E-state index in [0.717, 1.165) is 5.56 Å². The highest BCUT2D eigenvalue weighted by Gasteiger charge is 2.42. The molecule has 9 nitrogen and oxygen atoms in total. The van der Waals surface area contributed by atoms with Crippen LogP contribution in [0.5, 0.6) is 5.75 Å². The molecule has 0 bridgehead atoms. The Morgan fingerprint density at radius 2 is 1.89 bits per heavy atom. The zero-order chi connectivity index (χ0) is 19.2. The van der Waals surface area contributed by atoms with E-state index >= 15 is 0 Å². The van der Waals surface area contributed by atoms with Crippen molar-refractivity contribution in [1.29, 1.82) is 0 Å². The number of rotatable bonds is 5. The Balaban J connectivity index is 1.52. The van der Waals surface area contributed by atoms with Gasteiger partial charge >= 0.3 is 0 Å². The molecule has 1 aromatic carbocycles. The molecule has 27 heavy (non-hydrogen) atoms. The fraction of sp³-hybridized carbons (Fsp3) is 0.353. The number of ether oxygens (including phenoxy) is 1. The summed E-state index contributed by atoms with van der Waals surface area (Å²) < 4.78 is 42.5. The van der Waals surface area contributed by atoms with Gasteiger partial charge in [0.05, 0.1) is 18.6 Å². The van der Waals surface area contributed by atoms with Gasteiger partial charge in [0.1, 0.15) is 16.3 Å². The van der Waals surface area contributed by atoms with Crippen molar-refractivity contribution < 1.29 is 22.2 Å². The van der Waals surface area contributed by atoms with Gasteiger partial charge in [-0.2, -0.15) is 9.29 Å². The Morgan fingerprint density at radius 3 is 2.56 bits per heavy atom. The predicted octanol–water partition coefficient (Wildman–Crippen LogP) is 2.14. The first kappa shape index (κ1) is 17.7. The SMILES string of the molecule is COc1ccccc1-c1noc(C2CN(S(=O)(=O)c3c(C)noc3C)C2)n1. The third kappa shape index (κ3) is 2.90. The van der Waals surface area contributed by atoms with Gasteiger partial charge in [0.15, 0.2) is 5.76 Å². The maximum absolute atomic E-state index is 12.7. The zero-order valence-electron chi connectivity index (χ0n) is 15.0. The van der Waals surface area contributed by atoms with Gasteiger partial charge in [-0.05, 0) is 26.0 Å². The van der Waals surface area contributed by atoms with Crippen molar-refractivity contribution in [2.75, 3.05) is 20.2 Å². The first-order chi connectivity index (χ1) is 12.9. The number of aromatic nitrogens is 3. The number of methoxy groups -OCH3 is 1. The summed E-state index contributed by atoms with van der Waals surface area (Å²) in [5.41, 5.74) is 1.07. The molecule has 4 rings (SSSR count). The lowest BCUT2D eigenvalue weighted by Gasteiger charge is -2.35. The topological polar surface area (TPSA) is 112 Å². The zero-order valence-corrected chi connectivity index (χ0v) is 15.9. The highest BCUT2D eigenvalue weighted by Crippen LogP contribution is 2.35. The number of para-hydroxylation sites is 1. The van der Waals surface area contributed by atoms with Crippen molar-refractivity contribution >= 4 is 10.0 Å². The highest BCUT2D eigenvalue weighted by molar-refractivity contribution is 7.89. The van der Waals surface area contributed by atoms with Gasteiger partial charge < -0.3 is 13.8 Å². The van der Waals surface area contributed by atoms with Crippen molar-refractivity contribution in [3.05, 3.63) is 41.6 Å². The van der Waals surface area contributed by atoms with Crippen molar-refractivity contribution in [2.45, 2.75) is 24.7 Å². The average molecular weight is 390 g/mol. The summed E-state index contributed by atoms with van der Waals surface area (Å²) in [5.74, 6) is 1.58. The molecule has 0 saturated carbocycles. The summed E-state index contributed by atoms with van der Waals surface area (Å²) in [6.07, 6.45) is 0. The minimum atomic E-state index is -3.65. The molecular weight excluding hydrogens is 372 g/mol. The van der Waals surface area contributed by atoms with Crippen LogP contribution in [0.1, 0.15) is 23.3 Å². The van der Waals surface area contributed by atoms with E-state index in [4.69, 9.17) is 13.8 Å². The van der Waals surface area contributed by atoms with E-state index in [1.165, 1.54) is 4.31 Å². The van der Waals surface area contributed by atoms with E-state index in [-0.39, 0.29) is 29.7 Å². The first-order valence-corrected chi connectivity index (χ1v) is 9.76. The van der Waals surface area contributed by atoms with Gasteiger partial charge in [0.25, 0.3) is 0 Å². The van der Waals surface area contributed by atoms with Crippen molar-refractivity contribution in [3.63, 3.8) is 0 Å². The molecule has 3 aromatic rings. The van der Waals surface area contributed by atoms with E-state index in [0.29, 0.717) is 23.2 Å². The van der Waals surface area contributed by atoms with Gasteiger partial charge in [-0.15, -0.1) is 0 Å². The number of hydrogen-bond acceptors (Lipinski definition) is 8. The highest BCUT2D eigenvalue weighted by atomic mass is 32.2. The molecule has 1 saturated heterocycles. The summed E-state index contributed by atoms with van der Waals surface area (Å²) in [6, 6.07) is 7.36. The van der Waals surface area contributed by atoms with Crippen LogP contribution >= 0.6 is 0 Å². The summed E-state index contributed by atoms with van der Waals surface area (Å²) in [4.78, 5) is 4.54. The third-order valence-corrected chi connectivity index (χ3v) is 6.63. The van der Waals surface area contributed by atoms with Crippen LogP contribution in [0.3, 0.4) is 0 Å². The predicted molar refractivity (Wildman–Crippen MR) is 93.8 cm³/mol. The molecule has 0 atom stereocenters. The number of benzene rings is 1. The van der Waals surface area contributed by atoms with E-state index in [9.17, 15) is 8.42 Å². The number of hydrogen-bond donors (Lipinski definition) is 0. The molecule has 3 heterocycles. The largest absolute Gasteiger partial charge is 0.496 e. The molecule has 1 fully saturated rings. The van der Waals surface area contributed by atoms with E-state index in [1.807, 2.05) is 24.3 Å². The van der Waals surface area contributed by atoms with Gasteiger partial charge in [-0.3, -0.25) is 0 Å². The lowest BCUT2D eigenvalue weighted by Crippen LogP contribution is -2.48. The second-order valence-corrected chi connectivity index (χ2v) is 8.20. The molecule has 1 aliphatic heterocycles.